The molecule has 26 heavy (non-hydrogen) atoms. The van der Waals surface area contributed by atoms with Gasteiger partial charge in [-0.2, -0.15) is 0 Å². The molecule has 0 radical (unpaired) electrons. The number of carbonyl (C=O) groups excluding carboxylic acids is 1. The lowest BCUT2D eigenvalue weighted by atomic mass is 10.0. The van der Waals surface area contributed by atoms with E-state index < -0.39 is 26.6 Å². The molecule has 2 aromatic rings. The molecule has 1 atom stereocenters. The van der Waals surface area contributed by atoms with Crippen molar-refractivity contribution in [2.75, 3.05) is 6.54 Å². The maximum Gasteiger partial charge on any atom is 0.251 e. The Morgan fingerprint density at radius 1 is 1.35 bits per heavy atom. The Balaban J connectivity index is 2.29. The van der Waals surface area contributed by atoms with Gasteiger partial charge in [-0.25, -0.2) is 17.5 Å². The van der Waals surface area contributed by atoms with E-state index in [2.05, 4.69) is 16.6 Å². The number of sulfonamides is 1. The molecule has 2 rings (SSSR count). The minimum absolute atomic E-state index is 0.0357. The predicted octanol–water partition coefficient (Wildman–Crippen LogP) is 3.48. The van der Waals surface area contributed by atoms with Gasteiger partial charge in [0.25, 0.3) is 5.91 Å². The van der Waals surface area contributed by atoms with Crippen LogP contribution in [0.3, 0.4) is 0 Å². The molecule has 1 heterocycles. The maximum absolute atomic E-state index is 14.0. The predicted molar refractivity (Wildman–Crippen MR) is 101 cm³/mol. The molecule has 1 amide bonds. The van der Waals surface area contributed by atoms with E-state index in [0.717, 1.165) is 17.0 Å². The van der Waals surface area contributed by atoms with Crippen LogP contribution in [0.5, 0.6) is 0 Å². The fourth-order valence-electron chi connectivity index (χ4n) is 2.36. The van der Waals surface area contributed by atoms with Crippen molar-refractivity contribution in [1.29, 1.82) is 0 Å². The summed E-state index contributed by atoms with van der Waals surface area (Å²) in [5.41, 5.74) is 0.0765. The molecule has 0 bridgehead atoms. The molecule has 1 unspecified atom stereocenters. The second-order valence-electron chi connectivity index (χ2n) is 6.00. The first kappa shape index (κ1) is 20.3. The van der Waals surface area contributed by atoms with Crippen LogP contribution in [0.1, 0.15) is 35.1 Å². The van der Waals surface area contributed by atoms with Gasteiger partial charge in [-0.05, 0) is 35.6 Å². The first-order chi connectivity index (χ1) is 12.3. The average molecular weight is 397 g/mol. The highest BCUT2D eigenvalue weighted by atomic mass is 32.2. The maximum atomic E-state index is 14.0. The third kappa shape index (κ3) is 4.78. The Labute approximate surface area is 157 Å². The summed E-state index contributed by atoms with van der Waals surface area (Å²) < 4.78 is 40.5. The van der Waals surface area contributed by atoms with Gasteiger partial charge in [-0.3, -0.25) is 4.79 Å². The highest BCUT2D eigenvalue weighted by Crippen LogP contribution is 2.26. The summed E-state index contributed by atoms with van der Waals surface area (Å²) in [6.45, 7) is 7.33. The van der Waals surface area contributed by atoms with Crippen molar-refractivity contribution in [3.8, 4) is 0 Å². The van der Waals surface area contributed by atoms with Gasteiger partial charge in [0.15, 0.2) is 0 Å². The van der Waals surface area contributed by atoms with E-state index in [1.807, 2.05) is 31.4 Å². The quantitative estimate of drug-likeness (QED) is 0.671. The summed E-state index contributed by atoms with van der Waals surface area (Å²) in [6.07, 6.45) is 1.35. The zero-order chi connectivity index (χ0) is 19.3. The van der Waals surface area contributed by atoms with Crippen LogP contribution in [0, 0.1) is 11.7 Å². The number of carbonyl (C=O) groups is 1. The van der Waals surface area contributed by atoms with E-state index in [9.17, 15) is 17.6 Å². The number of hydrogen-bond donors (Lipinski definition) is 2. The van der Waals surface area contributed by atoms with Gasteiger partial charge in [0.2, 0.25) is 10.0 Å². The van der Waals surface area contributed by atoms with E-state index in [4.69, 9.17) is 0 Å². The van der Waals surface area contributed by atoms with E-state index >= 15 is 0 Å². The normalized spacial score (nSPS) is 12.8. The fourth-order valence-corrected chi connectivity index (χ4v) is 4.40. The van der Waals surface area contributed by atoms with E-state index in [0.29, 0.717) is 0 Å². The molecule has 140 valence electrons. The molecular weight excluding hydrogens is 375 g/mol. The highest BCUT2D eigenvalue weighted by molar-refractivity contribution is 7.89. The molecular formula is C18H21FN2O3S2. The van der Waals surface area contributed by atoms with Crippen LogP contribution in [0.15, 0.2) is 53.3 Å². The standard InChI is InChI=1S/C18H21FN2O3S2/c1-4-9-20-26(23,24)16-11-13(7-8-14(16)19)18(22)21-17(12(2)3)15-6-5-10-25-15/h4-8,10-12,17,20H,1,9H2,2-3H3,(H,21,22). The van der Waals surface area contributed by atoms with Crippen LogP contribution in [0.25, 0.3) is 0 Å². The van der Waals surface area contributed by atoms with Crippen LogP contribution in [-0.2, 0) is 10.0 Å². The molecule has 0 aliphatic heterocycles. The van der Waals surface area contributed by atoms with Gasteiger partial charge in [0, 0.05) is 17.0 Å². The van der Waals surface area contributed by atoms with Gasteiger partial charge in [-0.15, -0.1) is 17.9 Å². The molecule has 0 aliphatic carbocycles. The molecule has 0 aliphatic rings. The molecule has 8 heteroatoms. The minimum atomic E-state index is -4.07. The highest BCUT2D eigenvalue weighted by Gasteiger charge is 2.23. The number of amides is 1. The topological polar surface area (TPSA) is 75.3 Å². The first-order valence-electron chi connectivity index (χ1n) is 8.00. The Bertz CT molecular complexity index is 878. The Kier molecular flexibility index (Phi) is 6.69. The van der Waals surface area contributed by atoms with Crippen molar-refractivity contribution >= 4 is 27.3 Å². The van der Waals surface area contributed by atoms with Gasteiger partial charge >= 0.3 is 0 Å². The fraction of sp³-hybridized carbons (Fsp3) is 0.278. The van der Waals surface area contributed by atoms with Crippen LogP contribution in [-0.4, -0.2) is 20.9 Å². The van der Waals surface area contributed by atoms with Crippen molar-refractivity contribution in [3.05, 3.63) is 64.6 Å². The van der Waals surface area contributed by atoms with Crippen molar-refractivity contribution in [2.24, 2.45) is 5.92 Å². The third-order valence-corrected chi connectivity index (χ3v) is 6.10. The summed E-state index contributed by atoms with van der Waals surface area (Å²) in [5, 5.41) is 4.82. The number of rotatable bonds is 8. The molecule has 0 fully saturated rings. The number of hydrogen-bond acceptors (Lipinski definition) is 4. The van der Waals surface area contributed by atoms with Crippen molar-refractivity contribution in [3.63, 3.8) is 0 Å². The van der Waals surface area contributed by atoms with Gasteiger partial charge in [0.05, 0.1) is 6.04 Å². The van der Waals surface area contributed by atoms with Gasteiger partial charge in [0.1, 0.15) is 10.7 Å². The largest absolute Gasteiger partial charge is 0.344 e. The Morgan fingerprint density at radius 3 is 2.65 bits per heavy atom. The summed E-state index contributed by atoms with van der Waals surface area (Å²) in [7, 11) is -4.07. The molecule has 0 saturated carbocycles. The summed E-state index contributed by atoms with van der Waals surface area (Å²) in [5.74, 6) is -1.25. The van der Waals surface area contributed by atoms with Crippen LogP contribution >= 0.6 is 11.3 Å². The summed E-state index contributed by atoms with van der Waals surface area (Å²) >= 11 is 1.53. The van der Waals surface area contributed by atoms with Crippen molar-refractivity contribution in [2.45, 2.75) is 24.8 Å². The Morgan fingerprint density at radius 2 is 2.08 bits per heavy atom. The van der Waals surface area contributed by atoms with E-state index in [1.54, 1.807) is 0 Å². The van der Waals surface area contributed by atoms with E-state index in [-0.39, 0.29) is 24.1 Å². The minimum Gasteiger partial charge on any atom is -0.344 e. The lowest BCUT2D eigenvalue weighted by molar-refractivity contribution is 0.0926. The number of halogens is 1. The molecule has 1 aromatic carbocycles. The smallest absolute Gasteiger partial charge is 0.251 e. The molecule has 2 N–H and O–H groups in total. The van der Waals surface area contributed by atoms with E-state index in [1.165, 1.54) is 23.5 Å². The molecule has 0 saturated heterocycles. The lowest BCUT2D eigenvalue weighted by Crippen LogP contribution is -2.31. The number of thiophene rings is 1. The Hall–Kier alpha value is -2.03. The van der Waals surface area contributed by atoms with Crippen LogP contribution in [0.4, 0.5) is 4.39 Å². The molecule has 1 aromatic heterocycles. The second kappa shape index (κ2) is 8.57. The average Bonchev–Trinajstić information content (AvgIpc) is 3.11. The summed E-state index contributed by atoms with van der Waals surface area (Å²) in [4.78, 5) is 13.0. The zero-order valence-electron chi connectivity index (χ0n) is 14.5. The van der Waals surface area contributed by atoms with Gasteiger partial charge < -0.3 is 5.32 Å². The zero-order valence-corrected chi connectivity index (χ0v) is 16.2. The monoisotopic (exact) mass is 396 g/mol. The first-order valence-corrected chi connectivity index (χ1v) is 10.4. The van der Waals surface area contributed by atoms with Crippen molar-refractivity contribution < 1.29 is 17.6 Å². The van der Waals surface area contributed by atoms with Crippen molar-refractivity contribution in [1.82, 2.24) is 10.0 Å². The summed E-state index contributed by atoms with van der Waals surface area (Å²) in [6, 6.07) is 6.90. The molecule has 0 spiro atoms. The number of benzene rings is 1. The van der Waals surface area contributed by atoms with Gasteiger partial charge in [-0.1, -0.05) is 26.0 Å². The number of nitrogens with one attached hydrogen (secondary N) is 2. The van der Waals surface area contributed by atoms with Crippen LogP contribution in [0.2, 0.25) is 0 Å². The third-order valence-electron chi connectivity index (χ3n) is 3.70. The lowest BCUT2D eigenvalue weighted by Gasteiger charge is -2.21. The second-order valence-corrected chi connectivity index (χ2v) is 8.71. The van der Waals surface area contributed by atoms with Crippen LogP contribution < -0.4 is 10.0 Å². The molecule has 5 nitrogen and oxygen atoms in total. The SMILES string of the molecule is C=CCNS(=O)(=O)c1cc(C(=O)NC(c2cccs2)C(C)C)ccc1F.